The molecule has 4 rings (SSSR count). The molecule has 130 valence electrons. The molecule has 2 aromatic rings. The number of halogens is 2. The van der Waals surface area contributed by atoms with E-state index in [2.05, 4.69) is 20.5 Å². The Hall–Kier alpha value is -1.94. The van der Waals surface area contributed by atoms with Crippen molar-refractivity contribution in [2.45, 2.75) is 31.2 Å². The third kappa shape index (κ3) is 2.91. The van der Waals surface area contributed by atoms with Gasteiger partial charge in [0.05, 0.1) is 25.5 Å². The highest BCUT2D eigenvalue weighted by Crippen LogP contribution is 2.43. The summed E-state index contributed by atoms with van der Waals surface area (Å²) in [6.45, 7) is 1.65. The number of ether oxygens (including phenoxy) is 1. The Morgan fingerprint density at radius 1 is 1.33 bits per heavy atom. The van der Waals surface area contributed by atoms with Gasteiger partial charge in [-0.2, -0.15) is 4.98 Å². The smallest absolute Gasteiger partial charge is 0.280 e. The third-order valence-electron chi connectivity index (χ3n) is 4.65. The van der Waals surface area contributed by atoms with E-state index < -0.39 is 5.92 Å². The van der Waals surface area contributed by atoms with Crippen LogP contribution in [-0.2, 0) is 11.2 Å². The number of nitrogens with zero attached hydrogens (tertiary/aromatic N) is 5. The van der Waals surface area contributed by atoms with Crippen LogP contribution in [0.25, 0.3) is 11.6 Å². The minimum Gasteiger partial charge on any atom is -0.379 e. The summed E-state index contributed by atoms with van der Waals surface area (Å²) in [4.78, 5) is 4.23. The van der Waals surface area contributed by atoms with Gasteiger partial charge in [0.25, 0.3) is 5.89 Å². The Morgan fingerprint density at radius 2 is 2.17 bits per heavy atom. The van der Waals surface area contributed by atoms with Gasteiger partial charge in [-0.1, -0.05) is 10.4 Å². The summed E-state index contributed by atoms with van der Waals surface area (Å²) >= 11 is 0. The normalized spacial score (nSPS) is 26.6. The van der Waals surface area contributed by atoms with Gasteiger partial charge >= 0.3 is 0 Å². The Bertz CT molecular complexity index is 710. The molecule has 0 amide bonds. The second-order valence-corrected chi connectivity index (χ2v) is 6.53. The Kier molecular flexibility index (Phi) is 3.80. The zero-order valence-corrected chi connectivity index (χ0v) is 12.9. The predicted molar refractivity (Wildman–Crippen MR) is 77.1 cm³/mol. The van der Waals surface area contributed by atoms with Crippen molar-refractivity contribution in [3.05, 3.63) is 12.0 Å². The molecule has 2 N–H and O–H groups in total. The first-order valence-electron chi connectivity index (χ1n) is 7.94. The average molecular weight is 340 g/mol. The maximum atomic E-state index is 12.9. The van der Waals surface area contributed by atoms with Gasteiger partial charge in [0.1, 0.15) is 0 Å². The van der Waals surface area contributed by atoms with Crippen molar-refractivity contribution < 1.29 is 18.0 Å². The molecule has 2 aromatic heterocycles. The number of nitrogens with two attached hydrogens (primary N) is 1. The van der Waals surface area contributed by atoms with Gasteiger partial charge in [0.2, 0.25) is 5.92 Å². The zero-order valence-electron chi connectivity index (χ0n) is 12.9. The minimum absolute atomic E-state index is 0.0378. The van der Waals surface area contributed by atoms with Gasteiger partial charge in [-0.05, 0) is 12.5 Å². The molecule has 2 atom stereocenters. The highest BCUT2D eigenvalue weighted by atomic mass is 19.3. The van der Waals surface area contributed by atoms with Crippen LogP contribution in [0.15, 0.2) is 10.7 Å². The molecule has 10 heteroatoms. The van der Waals surface area contributed by atoms with Gasteiger partial charge < -0.3 is 15.0 Å². The summed E-state index contributed by atoms with van der Waals surface area (Å²) in [5, 5.41) is 12.0. The lowest BCUT2D eigenvalue weighted by Gasteiger charge is -2.34. The van der Waals surface area contributed by atoms with Crippen LogP contribution in [0.5, 0.6) is 0 Å². The first-order chi connectivity index (χ1) is 11.5. The minimum atomic E-state index is -2.54. The van der Waals surface area contributed by atoms with Crippen molar-refractivity contribution >= 4 is 0 Å². The molecule has 1 aliphatic heterocycles. The predicted octanol–water partition coefficient (Wildman–Crippen LogP) is 1.06. The van der Waals surface area contributed by atoms with Crippen LogP contribution in [0.4, 0.5) is 8.78 Å². The van der Waals surface area contributed by atoms with Gasteiger partial charge in [0, 0.05) is 25.2 Å². The van der Waals surface area contributed by atoms with Crippen molar-refractivity contribution in [2.75, 3.05) is 19.8 Å². The molecule has 0 unspecified atom stereocenters. The van der Waals surface area contributed by atoms with E-state index in [0.29, 0.717) is 37.7 Å². The van der Waals surface area contributed by atoms with Crippen LogP contribution in [0, 0.1) is 11.8 Å². The Morgan fingerprint density at radius 3 is 2.92 bits per heavy atom. The van der Waals surface area contributed by atoms with Crippen molar-refractivity contribution in [1.82, 2.24) is 25.1 Å². The molecule has 2 fully saturated rings. The summed E-state index contributed by atoms with van der Waals surface area (Å²) in [6, 6.07) is 0.0378. The van der Waals surface area contributed by atoms with E-state index in [0.717, 1.165) is 0 Å². The largest absolute Gasteiger partial charge is 0.379 e. The highest BCUT2D eigenvalue weighted by Gasteiger charge is 2.45. The summed E-state index contributed by atoms with van der Waals surface area (Å²) in [5.74, 6) is -1.78. The second kappa shape index (κ2) is 5.85. The molecular formula is C14H18F2N6O2. The SMILES string of the molecule is NC[C@@H]1COC[C@H]1n1cc(-c2nc(CC3CC(F)(F)C3)no2)nn1. The van der Waals surface area contributed by atoms with Crippen LogP contribution < -0.4 is 5.73 Å². The molecule has 24 heavy (non-hydrogen) atoms. The average Bonchev–Trinajstić information content (AvgIpc) is 3.24. The molecule has 1 saturated carbocycles. The molecule has 3 heterocycles. The van der Waals surface area contributed by atoms with E-state index in [1.165, 1.54) is 0 Å². The molecule has 0 aromatic carbocycles. The topological polar surface area (TPSA) is 105 Å². The summed E-state index contributed by atoms with van der Waals surface area (Å²) in [5.41, 5.74) is 6.19. The monoisotopic (exact) mass is 340 g/mol. The second-order valence-electron chi connectivity index (χ2n) is 6.53. The standard InChI is InChI=1S/C14H18F2N6O2/c15-14(16)2-8(3-14)1-12-18-13(24-20-12)10-5-22(21-19-10)11-7-23-6-9(11)4-17/h5,8-9,11H,1-4,6-7,17H2/t9-,11-/m1/s1. The van der Waals surface area contributed by atoms with Crippen LogP contribution >= 0.6 is 0 Å². The molecule has 0 bridgehead atoms. The van der Waals surface area contributed by atoms with Crippen molar-refractivity contribution in [2.24, 2.45) is 17.6 Å². The fourth-order valence-corrected chi connectivity index (χ4v) is 3.27. The van der Waals surface area contributed by atoms with E-state index in [4.69, 9.17) is 15.0 Å². The maximum absolute atomic E-state index is 12.9. The quantitative estimate of drug-likeness (QED) is 0.867. The molecule has 0 radical (unpaired) electrons. The highest BCUT2D eigenvalue weighted by molar-refractivity contribution is 5.43. The molecule has 1 saturated heterocycles. The van der Waals surface area contributed by atoms with Crippen LogP contribution in [-0.4, -0.2) is 50.8 Å². The lowest BCUT2D eigenvalue weighted by Crippen LogP contribution is -2.36. The van der Waals surface area contributed by atoms with E-state index >= 15 is 0 Å². The van der Waals surface area contributed by atoms with Gasteiger partial charge in [-0.25, -0.2) is 13.5 Å². The van der Waals surface area contributed by atoms with Crippen molar-refractivity contribution in [3.8, 4) is 11.6 Å². The van der Waals surface area contributed by atoms with E-state index in [1.54, 1.807) is 10.9 Å². The number of aromatic nitrogens is 5. The zero-order chi connectivity index (χ0) is 16.7. The molecule has 1 aliphatic carbocycles. The molecule has 0 spiro atoms. The Labute approximate surface area is 136 Å². The third-order valence-corrected chi connectivity index (χ3v) is 4.65. The van der Waals surface area contributed by atoms with E-state index in [-0.39, 0.29) is 36.6 Å². The van der Waals surface area contributed by atoms with Gasteiger partial charge in [0.15, 0.2) is 11.5 Å². The van der Waals surface area contributed by atoms with Gasteiger partial charge in [-0.3, -0.25) is 0 Å². The molecular weight excluding hydrogens is 322 g/mol. The van der Waals surface area contributed by atoms with Crippen LogP contribution in [0.2, 0.25) is 0 Å². The maximum Gasteiger partial charge on any atom is 0.280 e. The number of rotatable bonds is 5. The number of hydrogen-bond donors (Lipinski definition) is 1. The fourth-order valence-electron chi connectivity index (χ4n) is 3.27. The lowest BCUT2D eigenvalue weighted by atomic mass is 9.79. The first-order valence-corrected chi connectivity index (χ1v) is 7.94. The lowest BCUT2D eigenvalue weighted by molar-refractivity contribution is -0.110. The Balaban J connectivity index is 1.43. The molecule has 2 aliphatic rings. The fraction of sp³-hybridized carbons (Fsp3) is 0.714. The summed E-state index contributed by atoms with van der Waals surface area (Å²) in [7, 11) is 0. The van der Waals surface area contributed by atoms with Crippen molar-refractivity contribution in [3.63, 3.8) is 0 Å². The van der Waals surface area contributed by atoms with E-state index in [9.17, 15) is 8.78 Å². The number of hydrogen-bond acceptors (Lipinski definition) is 7. The van der Waals surface area contributed by atoms with Crippen molar-refractivity contribution in [1.29, 1.82) is 0 Å². The number of alkyl halides is 2. The summed E-state index contributed by atoms with van der Waals surface area (Å²) < 4.78 is 38.1. The first kappa shape index (κ1) is 15.6. The van der Waals surface area contributed by atoms with Gasteiger partial charge in [-0.15, -0.1) is 5.10 Å². The van der Waals surface area contributed by atoms with Crippen LogP contribution in [0.1, 0.15) is 24.7 Å². The summed E-state index contributed by atoms with van der Waals surface area (Å²) in [6.07, 6.45) is 1.88. The molecule has 8 nitrogen and oxygen atoms in total. The van der Waals surface area contributed by atoms with Crippen LogP contribution in [0.3, 0.4) is 0 Å². The van der Waals surface area contributed by atoms with E-state index in [1.807, 2.05) is 0 Å².